The highest BCUT2D eigenvalue weighted by Gasteiger charge is 2.23. The van der Waals surface area contributed by atoms with Crippen LogP contribution in [0.5, 0.6) is 0 Å². The standard InChI is InChI=1S/C25H29N3O2/c29-25(26-16-22-13-14-28(18-22)23-10-5-2-6-11-23)20-27(19-24-12-7-15-30-24)17-21-8-3-1-4-9-21/h1-12,15,22H,13-14,16-20H2,(H,26,29). The molecule has 2 heterocycles. The number of hydrogen-bond acceptors (Lipinski definition) is 4. The van der Waals surface area contributed by atoms with Crippen LogP contribution in [0, 0.1) is 5.92 Å². The van der Waals surface area contributed by atoms with Crippen LogP contribution in [0.15, 0.2) is 83.5 Å². The summed E-state index contributed by atoms with van der Waals surface area (Å²) >= 11 is 0. The Balaban J connectivity index is 1.28. The Morgan fingerprint density at radius 3 is 2.50 bits per heavy atom. The fraction of sp³-hybridized carbons (Fsp3) is 0.320. The van der Waals surface area contributed by atoms with Gasteiger partial charge in [0.15, 0.2) is 0 Å². The summed E-state index contributed by atoms with van der Waals surface area (Å²) in [4.78, 5) is 17.2. The Hall–Kier alpha value is -3.05. The van der Waals surface area contributed by atoms with Crippen LogP contribution in [-0.4, -0.2) is 37.0 Å². The fourth-order valence-corrected chi connectivity index (χ4v) is 4.02. The Morgan fingerprint density at radius 2 is 1.77 bits per heavy atom. The van der Waals surface area contributed by atoms with Crippen LogP contribution in [0.4, 0.5) is 5.69 Å². The van der Waals surface area contributed by atoms with Gasteiger partial charge in [-0.1, -0.05) is 48.5 Å². The van der Waals surface area contributed by atoms with Crippen LogP contribution in [-0.2, 0) is 17.9 Å². The maximum absolute atomic E-state index is 12.7. The van der Waals surface area contributed by atoms with Gasteiger partial charge in [-0.2, -0.15) is 0 Å². The van der Waals surface area contributed by atoms with E-state index < -0.39 is 0 Å². The first kappa shape index (κ1) is 20.2. The highest BCUT2D eigenvalue weighted by Crippen LogP contribution is 2.23. The zero-order valence-corrected chi connectivity index (χ0v) is 17.2. The number of benzene rings is 2. The van der Waals surface area contributed by atoms with Gasteiger partial charge < -0.3 is 14.6 Å². The van der Waals surface area contributed by atoms with E-state index >= 15 is 0 Å². The quantitative estimate of drug-likeness (QED) is 0.588. The predicted octanol–water partition coefficient (Wildman–Crippen LogP) is 3.92. The number of anilines is 1. The number of rotatable bonds is 9. The molecule has 4 rings (SSSR count). The Morgan fingerprint density at radius 1 is 1.00 bits per heavy atom. The summed E-state index contributed by atoms with van der Waals surface area (Å²) in [6, 6.07) is 24.6. The van der Waals surface area contributed by atoms with Crippen LogP contribution in [0.3, 0.4) is 0 Å². The summed E-state index contributed by atoms with van der Waals surface area (Å²) in [5, 5.41) is 3.15. The molecule has 1 aliphatic rings. The molecule has 5 nitrogen and oxygen atoms in total. The predicted molar refractivity (Wildman–Crippen MR) is 119 cm³/mol. The molecular formula is C25H29N3O2. The molecule has 1 N–H and O–H groups in total. The second kappa shape index (κ2) is 10.1. The van der Waals surface area contributed by atoms with Crippen molar-refractivity contribution in [1.82, 2.24) is 10.2 Å². The molecule has 1 fully saturated rings. The summed E-state index contributed by atoms with van der Waals surface area (Å²) in [7, 11) is 0. The molecule has 0 bridgehead atoms. The van der Waals surface area contributed by atoms with Crippen molar-refractivity contribution >= 4 is 11.6 Å². The van der Waals surface area contributed by atoms with Crippen LogP contribution >= 0.6 is 0 Å². The molecule has 156 valence electrons. The number of hydrogen-bond donors (Lipinski definition) is 1. The van der Waals surface area contributed by atoms with E-state index in [1.54, 1.807) is 6.26 Å². The number of nitrogens with zero attached hydrogens (tertiary/aromatic N) is 2. The van der Waals surface area contributed by atoms with Crippen molar-refractivity contribution in [3.63, 3.8) is 0 Å². The summed E-state index contributed by atoms with van der Waals surface area (Å²) in [5.41, 5.74) is 2.45. The van der Waals surface area contributed by atoms with Crippen molar-refractivity contribution in [2.24, 2.45) is 5.92 Å². The van der Waals surface area contributed by atoms with Gasteiger partial charge in [0.1, 0.15) is 5.76 Å². The van der Waals surface area contributed by atoms with E-state index in [9.17, 15) is 4.79 Å². The summed E-state index contributed by atoms with van der Waals surface area (Å²) in [6.45, 7) is 4.43. The molecule has 1 atom stereocenters. The fourth-order valence-electron chi connectivity index (χ4n) is 4.02. The van der Waals surface area contributed by atoms with Crippen LogP contribution in [0.25, 0.3) is 0 Å². The van der Waals surface area contributed by atoms with Gasteiger partial charge in [-0.3, -0.25) is 9.69 Å². The Bertz CT molecular complexity index is 897. The molecule has 1 amide bonds. The van der Waals surface area contributed by atoms with Crippen LogP contribution in [0.1, 0.15) is 17.7 Å². The Kier molecular flexibility index (Phi) is 6.83. The van der Waals surface area contributed by atoms with Gasteiger partial charge in [-0.05, 0) is 42.2 Å². The summed E-state index contributed by atoms with van der Waals surface area (Å²) in [5.74, 6) is 1.42. The summed E-state index contributed by atoms with van der Waals surface area (Å²) in [6.07, 6.45) is 2.78. The molecule has 1 saturated heterocycles. The average Bonchev–Trinajstić information content (AvgIpc) is 3.46. The lowest BCUT2D eigenvalue weighted by Gasteiger charge is -2.22. The van der Waals surface area contributed by atoms with Gasteiger partial charge in [0.25, 0.3) is 0 Å². The van der Waals surface area contributed by atoms with Gasteiger partial charge in [0.05, 0.1) is 19.4 Å². The lowest BCUT2D eigenvalue weighted by atomic mass is 10.1. The minimum atomic E-state index is 0.0654. The van der Waals surface area contributed by atoms with Crippen molar-refractivity contribution in [1.29, 1.82) is 0 Å². The zero-order chi connectivity index (χ0) is 20.6. The highest BCUT2D eigenvalue weighted by molar-refractivity contribution is 5.78. The van der Waals surface area contributed by atoms with Crippen molar-refractivity contribution in [3.05, 3.63) is 90.4 Å². The number of carbonyl (C=O) groups is 1. The number of para-hydroxylation sites is 1. The topological polar surface area (TPSA) is 48.7 Å². The van der Waals surface area contributed by atoms with Crippen molar-refractivity contribution in [3.8, 4) is 0 Å². The molecule has 1 aromatic heterocycles. The van der Waals surface area contributed by atoms with Gasteiger partial charge in [0, 0.05) is 31.9 Å². The largest absolute Gasteiger partial charge is 0.468 e. The van der Waals surface area contributed by atoms with Gasteiger partial charge >= 0.3 is 0 Å². The third-order valence-electron chi connectivity index (χ3n) is 5.57. The molecule has 2 aromatic carbocycles. The summed E-state index contributed by atoms with van der Waals surface area (Å²) < 4.78 is 5.50. The van der Waals surface area contributed by atoms with Gasteiger partial charge in [0.2, 0.25) is 5.91 Å². The molecule has 1 unspecified atom stereocenters. The number of furan rings is 1. The van der Waals surface area contributed by atoms with E-state index in [-0.39, 0.29) is 5.91 Å². The van der Waals surface area contributed by atoms with E-state index in [0.717, 1.165) is 31.8 Å². The molecule has 1 aliphatic heterocycles. The zero-order valence-electron chi connectivity index (χ0n) is 17.2. The first-order chi connectivity index (χ1) is 14.8. The van der Waals surface area contributed by atoms with E-state index in [1.165, 1.54) is 11.3 Å². The molecule has 30 heavy (non-hydrogen) atoms. The van der Waals surface area contributed by atoms with E-state index in [0.29, 0.717) is 25.6 Å². The third kappa shape index (κ3) is 5.74. The third-order valence-corrected chi connectivity index (χ3v) is 5.57. The lowest BCUT2D eigenvalue weighted by molar-refractivity contribution is -0.122. The average molecular weight is 404 g/mol. The van der Waals surface area contributed by atoms with E-state index in [4.69, 9.17) is 4.42 Å². The molecule has 0 radical (unpaired) electrons. The maximum atomic E-state index is 12.7. The second-order valence-corrected chi connectivity index (χ2v) is 7.95. The second-order valence-electron chi connectivity index (χ2n) is 7.95. The first-order valence-electron chi connectivity index (χ1n) is 10.6. The Labute approximate surface area is 178 Å². The smallest absolute Gasteiger partial charge is 0.234 e. The van der Waals surface area contributed by atoms with Crippen molar-refractivity contribution in [2.75, 3.05) is 31.1 Å². The number of amides is 1. The molecule has 5 heteroatoms. The number of carbonyl (C=O) groups excluding carboxylic acids is 1. The monoisotopic (exact) mass is 403 g/mol. The normalized spacial score (nSPS) is 16.2. The lowest BCUT2D eigenvalue weighted by Crippen LogP contribution is -2.39. The van der Waals surface area contributed by atoms with Crippen LogP contribution in [0.2, 0.25) is 0 Å². The van der Waals surface area contributed by atoms with Crippen LogP contribution < -0.4 is 10.2 Å². The molecule has 3 aromatic rings. The van der Waals surface area contributed by atoms with Gasteiger partial charge in [-0.15, -0.1) is 0 Å². The van der Waals surface area contributed by atoms with E-state index in [2.05, 4.69) is 51.5 Å². The maximum Gasteiger partial charge on any atom is 0.234 e. The molecule has 0 saturated carbocycles. The van der Waals surface area contributed by atoms with Crippen molar-refractivity contribution < 1.29 is 9.21 Å². The molecular weight excluding hydrogens is 374 g/mol. The minimum Gasteiger partial charge on any atom is -0.468 e. The molecule has 0 spiro atoms. The van der Waals surface area contributed by atoms with E-state index in [1.807, 2.05) is 36.4 Å². The number of nitrogens with one attached hydrogen (secondary N) is 1. The SMILES string of the molecule is O=C(CN(Cc1ccccc1)Cc1ccco1)NCC1CCN(c2ccccc2)C1. The minimum absolute atomic E-state index is 0.0654. The van der Waals surface area contributed by atoms with Gasteiger partial charge in [-0.25, -0.2) is 0 Å². The molecule has 0 aliphatic carbocycles. The highest BCUT2D eigenvalue weighted by atomic mass is 16.3. The first-order valence-corrected chi connectivity index (χ1v) is 10.6. The van der Waals surface area contributed by atoms with Crippen molar-refractivity contribution in [2.45, 2.75) is 19.5 Å².